The van der Waals surface area contributed by atoms with Crippen molar-refractivity contribution in [3.63, 3.8) is 0 Å². The van der Waals surface area contributed by atoms with E-state index in [-0.39, 0.29) is 17.6 Å². The largest absolute Gasteiger partial charge is 0.447 e. The molecule has 0 bridgehead atoms. The van der Waals surface area contributed by atoms with Crippen LogP contribution in [0.4, 0.5) is 0 Å². The van der Waals surface area contributed by atoms with E-state index in [1.165, 1.54) is 13.1 Å². The average Bonchev–Trinajstić information content (AvgIpc) is 2.74. The fourth-order valence-electron chi connectivity index (χ4n) is 1.35. The lowest BCUT2D eigenvalue weighted by Gasteiger charge is -2.09. The third kappa shape index (κ3) is 4.13. The van der Waals surface area contributed by atoms with E-state index < -0.39 is 15.9 Å². The van der Waals surface area contributed by atoms with Crippen LogP contribution in [0.3, 0.4) is 0 Å². The van der Waals surface area contributed by atoms with Gasteiger partial charge in [0.2, 0.25) is 11.0 Å². The molecule has 0 radical (unpaired) electrons. The van der Waals surface area contributed by atoms with Crippen LogP contribution in [-0.2, 0) is 21.4 Å². The van der Waals surface area contributed by atoms with Gasteiger partial charge in [0.1, 0.15) is 5.76 Å². The number of furan rings is 1. The van der Waals surface area contributed by atoms with Gasteiger partial charge in [-0.05, 0) is 26.1 Å². The predicted octanol–water partition coefficient (Wildman–Crippen LogP) is -0.459. The summed E-state index contributed by atoms with van der Waals surface area (Å²) in [7, 11) is -2.24. The lowest BCUT2D eigenvalue weighted by Crippen LogP contribution is -2.30. The fourth-order valence-corrected chi connectivity index (χ4v) is 2.01. The van der Waals surface area contributed by atoms with Gasteiger partial charge in [-0.1, -0.05) is 0 Å². The number of nitrogens with one attached hydrogen (secondary N) is 2. The Morgan fingerprint density at radius 2 is 2.17 bits per heavy atom. The third-order valence-electron chi connectivity index (χ3n) is 2.30. The Balaban J connectivity index is 2.58. The zero-order chi connectivity index (χ0) is 13.8. The van der Waals surface area contributed by atoms with Crippen LogP contribution < -0.4 is 15.8 Å². The van der Waals surface area contributed by atoms with Crippen LogP contribution in [0.1, 0.15) is 19.1 Å². The number of sulfonamides is 1. The van der Waals surface area contributed by atoms with Gasteiger partial charge in [0.15, 0.2) is 0 Å². The van der Waals surface area contributed by atoms with Crippen LogP contribution in [-0.4, -0.2) is 27.4 Å². The van der Waals surface area contributed by atoms with Crippen molar-refractivity contribution in [2.75, 3.05) is 7.05 Å². The Kier molecular flexibility index (Phi) is 4.88. The first-order valence-corrected chi connectivity index (χ1v) is 6.87. The van der Waals surface area contributed by atoms with Gasteiger partial charge < -0.3 is 15.5 Å². The van der Waals surface area contributed by atoms with Crippen LogP contribution in [0.5, 0.6) is 0 Å². The van der Waals surface area contributed by atoms with Gasteiger partial charge in [0, 0.05) is 12.5 Å². The molecule has 4 N–H and O–H groups in total. The molecule has 18 heavy (non-hydrogen) atoms. The SMILES string of the molecule is CNS(=O)(=O)c1ccc(CNC(C)CC(N)=O)o1. The molecule has 0 saturated heterocycles. The highest BCUT2D eigenvalue weighted by Gasteiger charge is 2.16. The Hall–Kier alpha value is -1.38. The van der Waals surface area contributed by atoms with E-state index in [2.05, 4.69) is 10.0 Å². The molecule has 0 saturated carbocycles. The summed E-state index contributed by atoms with van der Waals surface area (Å²) in [6, 6.07) is 2.84. The number of rotatable bonds is 7. The molecule has 1 atom stereocenters. The fraction of sp³-hybridized carbons (Fsp3) is 0.500. The van der Waals surface area contributed by atoms with Gasteiger partial charge in [-0.15, -0.1) is 0 Å². The van der Waals surface area contributed by atoms with Crippen molar-refractivity contribution in [1.82, 2.24) is 10.0 Å². The lowest BCUT2D eigenvalue weighted by molar-refractivity contribution is -0.118. The molecule has 7 nitrogen and oxygen atoms in total. The standard InChI is InChI=1S/C10H17N3O4S/c1-7(5-9(11)14)13-6-8-3-4-10(17-8)18(15,16)12-2/h3-4,7,12-13H,5-6H2,1-2H3,(H2,11,14). The molecule has 0 aliphatic rings. The van der Waals surface area contributed by atoms with E-state index in [1.807, 2.05) is 0 Å². The van der Waals surface area contributed by atoms with Gasteiger partial charge in [-0.25, -0.2) is 13.1 Å². The smallest absolute Gasteiger partial charge is 0.273 e. The van der Waals surface area contributed by atoms with Gasteiger partial charge in [-0.3, -0.25) is 4.79 Å². The molecule has 1 aromatic rings. The molecule has 0 aromatic carbocycles. The van der Waals surface area contributed by atoms with E-state index in [0.717, 1.165) is 0 Å². The molecule has 1 rings (SSSR count). The number of hydrogen-bond donors (Lipinski definition) is 3. The summed E-state index contributed by atoms with van der Waals surface area (Å²) in [5, 5.41) is 2.87. The van der Waals surface area contributed by atoms with Gasteiger partial charge in [-0.2, -0.15) is 0 Å². The Bertz CT molecular complexity index is 509. The minimum atomic E-state index is -3.55. The number of carbonyl (C=O) groups excluding carboxylic acids is 1. The zero-order valence-electron chi connectivity index (χ0n) is 10.3. The molecule has 0 aliphatic heterocycles. The normalized spacial score (nSPS) is 13.4. The Labute approximate surface area is 106 Å². The first-order valence-electron chi connectivity index (χ1n) is 5.39. The summed E-state index contributed by atoms with van der Waals surface area (Å²) in [6.45, 7) is 2.13. The second-order valence-electron chi connectivity index (χ2n) is 3.88. The van der Waals surface area contributed by atoms with E-state index in [9.17, 15) is 13.2 Å². The number of primary amides is 1. The average molecular weight is 275 g/mol. The van der Waals surface area contributed by atoms with Crippen LogP contribution in [0, 0.1) is 0 Å². The number of hydrogen-bond acceptors (Lipinski definition) is 5. The molecule has 1 aromatic heterocycles. The highest BCUT2D eigenvalue weighted by Crippen LogP contribution is 2.13. The van der Waals surface area contributed by atoms with Gasteiger partial charge in [0.25, 0.3) is 10.0 Å². The summed E-state index contributed by atoms with van der Waals surface area (Å²) in [4.78, 5) is 10.7. The topological polar surface area (TPSA) is 114 Å². The molecule has 0 spiro atoms. The maximum atomic E-state index is 11.4. The van der Waals surface area contributed by atoms with Crippen LogP contribution >= 0.6 is 0 Å². The van der Waals surface area contributed by atoms with Crippen LogP contribution in [0.25, 0.3) is 0 Å². The first kappa shape index (κ1) is 14.7. The number of nitrogens with two attached hydrogens (primary N) is 1. The summed E-state index contributed by atoms with van der Waals surface area (Å²) < 4.78 is 30.1. The van der Waals surface area contributed by atoms with E-state index in [1.54, 1.807) is 13.0 Å². The molecule has 1 amide bonds. The van der Waals surface area contributed by atoms with Crippen molar-refractivity contribution in [2.24, 2.45) is 5.73 Å². The minimum Gasteiger partial charge on any atom is -0.447 e. The highest BCUT2D eigenvalue weighted by atomic mass is 32.2. The summed E-state index contributed by atoms with van der Waals surface area (Å²) in [5.74, 6) is 0.0769. The molecule has 1 unspecified atom stereocenters. The molecule has 8 heteroatoms. The molecule has 0 fully saturated rings. The van der Waals surface area contributed by atoms with Crippen LogP contribution in [0.15, 0.2) is 21.6 Å². The second-order valence-corrected chi connectivity index (χ2v) is 5.70. The lowest BCUT2D eigenvalue weighted by atomic mass is 10.2. The molecule has 102 valence electrons. The highest BCUT2D eigenvalue weighted by molar-refractivity contribution is 7.89. The predicted molar refractivity (Wildman–Crippen MR) is 65.1 cm³/mol. The summed E-state index contributed by atoms with van der Waals surface area (Å²) in [6.07, 6.45) is 0.211. The molecular formula is C10H17N3O4S. The molecular weight excluding hydrogens is 258 g/mol. The summed E-state index contributed by atoms with van der Waals surface area (Å²) in [5.41, 5.74) is 5.05. The van der Waals surface area contributed by atoms with Gasteiger partial charge >= 0.3 is 0 Å². The molecule has 1 heterocycles. The van der Waals surface area contributed by atoms with E-state index in [4.69, 9.17) is 10.2 Å². The third-order valence-corrected chi connectivity index (χ3v) is 3.59. The maximum absolute atomic E-state index is 11.4. The number of amides is 1. The second kappa shape index (κ2) is 5.98. The molecule has 0 aliphatic carbocycles. The van der Waals surface area contributed by atoms with Crippen molar-refractivity contribution < 1.29 is 17.6 Å². The van der Waals surface area contributed by atoms with E-state index >= 15 is 0 Å². The Morgan fingerprint density at radius 1 is 1.50 bits per heavy atom. The van der Waals surface area contributed by atoms with Crippen molar-refractivity contribution in [3.8, 4) is 0 Å². The van der Waals surface area contributed by atoms with E-state index in [0.29, 0.717) is 12.3 Å². The first-order chi connectivity index (χ1) is 8.35. The zero-order valence-corrected chi connectivity index (χ0v) is 11.1. The minimum absolute atomic E-state index is 0.100. The van der Waals surface area contributed by atoms with Crippen molar-refractivity contribution in [2.45, 2.75) is 31.0 Å². The van der Waals surface area contributed by atoms with Crippen molar-refractivity contribution in [3.05, 3.63) is 17.9 Å². The van der Waals surface area contributed by atoms with Crippen molar-refractivity contribution >= 4 is 15.9 Å². The quantitative estimate of drug-likeness (QED) is 0.623. The monoisotopic (exact) mass is 275 g/mol. The Morgan fingerprint density at radius 3 is 2.72 bits per heavy atom. The summed E-state index contributed by atoms with van der Waals surface area (Å²) >= 11 is 0. The van der Waals surface area contributed by atoms with Crippen LogP contribution in [0.2, 0.25) is 0 Å². The van der Waals surface area contributed by atoms with Gasteiger partial charge in [0.05, 0.1) is 6.54 Å². The maximum Gasteiger partial charge on any atom is 0.273 e. The number of carbonyl (C=O) groups is 1. The van der Waals surface area contributed by atoms with Crippen molar-refractivity contribution in [1.29, 1.82) is 0 Å².